The van der Waals surface area contributed by atoms with E-state index in [1.165, 1.54) is 18.3 Å². The first-order valence-corrected chi connectivity index (χ1v) is 14.0. The van der Waals surface area contributed by atoms with E-state index in [2.05, 4.69) is 10.5 Å². The summed E-state index contributed by atoms with van der Waals surface area (Å²) in [7, 11) is -4.06. The Morgan fingerprint density at radius 1 is 1.08 bits per heavy atom. The van der Waals surface area contributed by atoms with Crippen LogP contribution in [0, 0.1) is 0 Å². The zero-order valence-corrected chi connectivity index (χ0v) is 21.4. The minimum absolute atomic E-state index is 0.0641. The maximum atomic E-state index is 13.5. The van der Waals surface area contributed by atoms with E-state index in [1.807, 2.05) is 36.0 Å². The molecule has 1 aliphatic rings. The number of ether oxygens (including phenoxy) is 2. The molecule has 0 spiro atoms. The molecule has 3 aromatic carbocycles. The maximum absolute atomic E-state index is 13.5. The molecule has 0 unspecified atom stereocenters. The molecule has 8 nitrogen and oxygen atoms in total. The van der Waals surface area contributed by atoms with Crippen molar-refractivity contribution in [3.05, 3.63) is 84.4 Å². The van der Waals surface area contributed by atoms with Gasteiger partial charge in [-0.3, -0.25) is 9.10 Å². The summed E-state index contributed by atoms with van der Waals surface area (Å²) in [6.07, 6.45) is 1.71. The number of thioether (sulfide) groups is 1. The molecule has 1 N–H and O–H groups in total. The third kappa shape index (κ3) is 6.38. The van der Waals surface area contributed by atoms with Crippen molar-refractivity contribution in [1.29, 1.82) is 0 Å². The smallest absolute Gasteiger partial charge is 0.264 e. The van der Waals surface area contributed by atoms with Crippen LogP contribution in [0.3, 0.4) is 0 Å². The molecule has 1 aliphatic heterocycles. The molecule has 0 aromatic heterocycles. The van der Waals surface area contributed by atoms with Gasteiger partial charge in [-0.1, -0.05) is 42.5 Å². The van der Waals surface area contributed by atoms with Gasteiger partial charge in [0.05, 0.1) is 23.4 Å². The van der Waals surface area contributed by atoms with Crippen molar-refractivity contribution in [1.82, 2.24) is 5.43 Å². The number of rotatable bonds is 11. The van der Waals surface area contributed by atoms with Crippen LogP contribution in [0.2, 0.25) is 0 Å². The number of sulfonamides is 1. The van der Waals surface area contributed by atoms with Crippen LogP contribution in [0.1, 0.15) is 12.5 Å². The average Bonchev–Trinajstić information content (AvgIpc) is 2.86. The number of hydrogen-bond donors (Lipinski definition) is 1. The maximum Gasteiger partial charge on any atom is 0.264 e. The van der Waals surface area contributed by atoms with Gasteiger partial charge in [-0.25, -0.2) is 13.8 Å². The predicted octanol–water partition coefficient (Wildman–Crippen LogP) is 3.93. The second-order valence-corrected chi connectivity index (χ2v) is 10.8. The zero-order chi connectivity index (χ0) is 25.4. The summed E-state index contributed by atoms with van der Waals surface area (Å²) in [6, 6.07) is 22.1. The molecule has 1 saturated heterocycles. The number of amides is 1. The molecule has 1 fully saturated rings. The van der Waals surface area contributed by atoms with Gasteiger partial charge in [0, 0.05) is 11.5 Å². The molecule has 1 heterocycles. The van der Waals surface area contributed by atoms with Crippen molar-refractivity contribution in [3.8, 4) is 11.5 Å². The van der Waals surface area contributed by atoms with Gasteiger partial charge in [0.15, 0.2) is 0 Å². The van der Waals surface area contributed by atoms with Gasteiger partial charge in [0.25, 0.3) is 15.9 Å². The van der Waals surface area contributed by atoms with Gasteiger partial charge in [0.2, 0.25) is 0 Å². The molecule has 4 rings (SSSR count). The van der Waals surface area contributed by atoms with Crippen molar-refractivity contribution in [2.75, 3.05) is 29.0 Å². The zero-order valence-electron chi connectivity index (χ0n) is 19.7. The fourth-order valence-corrected chi connectivity index (χ4v) is 5.46. The highest BCUT2D eigenvalue weighted by Gasteiger charge is 2.29. The largest absolute Gasteiger partial charge is 0.492 e. The van der Waals surface area contributed by atoms with Crippen molar-refractivity contribution in [2.45, 2.75) is 17.9 Å². The van der Waals surface area contributed by atoms with Gasteiger partial charge in [-0.05, 0) is 48.9 Å². The molecule has 0 bridgehead atoms. The number of carbonyl (C=O) groups excluding carboxylic acids is 1. The summed E-state index contributed by atoms with van der Waals surface area (Å²) >= 11 is 1.84. The lowest BCUT2D eigenvalue weighted by atomic mass is 10.2. The van der Waals surface area contributed by atoms with Crippen molar-refractivity contribution in [2.24, 2.45) is 5.10 Å². The predicted molar refractivity (Wildman–Crippen MR) is 143 cm³/mol. The molecule has 1 amide bonds. The molecule has 3 aromatic rings. The number of para-hydroxylation sites is 2. The van der Waals surface area contributed by atoms with Crippen molar-refractivity contribution >= 4 is 39.6 Å². The van der Waals surface area contributed by atoms with E-state index in [0.717, 1.165) is 27.1 Å². The number of anilines is 1. The lowest BCUT2D eigenvalue weighted by Crippen LogP contribution is -2.39. The van der Waals surface area contributed by atoms with Gasteiger partial charge in [0.1, 0.15) is 24.1 Å². The Morgan fingerprint density at radius 3 is 2.56 bits per heavy atom. The Labute approximate surface area is 215 Å². The minimum atomic E-state index is -4.06. The summed E-state index contributed by atoms with van der Waals surface area (Å²) in [5.74, 6) is 2.45. The molecule has 10 heteroatoms. The Kier molecular flexibility index (Phi) is 8.50. The van der Waals surface area contributed by atoms with Gasteiger partial charge in [-0.15, -0.1) is 0 Å². The van der Waals surface area contributed by atoms with Crippen molar-refractivity contribution in [3.63, 3.8) is 0 Å². The number of hydrogen-bond acceptors (Lipinski definition) is 7. The van der Waals surface area contributed by atoms with Crippen LogP contribution in [0.15, 0.2) is 88.9 Å². The van der Waals surface area contributed by atoms with E-state index in [0.29, 0.717) is 12.4 Å². The SMILES string of the molecule is CCOc1ccccc1N(CC(=O)N/N=C\c1cccc(OC2CSC2)c1)S(=O)(=O)c1ccccc1. The summed E-state index contributed by atoms with van der Waals surface area (Å²) in [4.78, 5) is 12.9. The van der Waals surface area contributed by atoms with Gasteiger partial charge < -0.3 is 9.47 Å². The lowest BCUT2D eigenvalue weighted by molar-refractivity contribution is -0.119. The van der Waals surface area contributed by atoms with Crippen LogP contribution in [0.25, 0.3) is 0 Å². The molecular formula is C26H27N3O5S2. The molecule has 0 atom stereocenters. The minimum Gasteiger partial charge on any atom is -0.492 e. The number of carbonyl (C=O) groups is 1. The summed E-state index contributed by atoms with van der Waals surface area (Å²) in [5.41, 5.74) is 3.44. The summed E-state index contributed by atoms with van der Waals surface area (Å²) in [6.45, 7) is 1.66. The van der Waals surface area contributed by atoms with Crippen LogP contribution < -0.4 is 19.2 Å². The van der Waals surface area contributed by atoms with E-state index < -0.39 is 22.5 Å². The second kappa shape index (κ2) is 12.0. The van der Waals surface area contributed by atoms with Crippen LogP contribution in [-0.2, 0) is 14.8 Å². The summed E-state index contributed by atoms with van der Waals surface area (Å²) in [5, 5.41) is 4.02. The summed E-state index contributed by atoms with van der Waals surface area (Å²) < 4.78 is 39.6. The molecular weight excluding hydrogens is 498 g/mol. The van der Waals surface area contributed by atoms with Crippen LogP contribution in [-0.4, -0.2) is 51.3 Å². The van der Waals surface area contributed by atoms with E-state index >= 15 is 0 Å². The molecule has 0 aliphatic carbocycles. The Bertz CT molecular complexity index is 1310. The van der Waals surface area contributed by atoms with E-state index in [1.54, 1.807) is 49.4 Å². The first-order valence-electron chi connectivity index (χ1n) is 11.4. The lowest BCUT2D eigenvalue weighted by Gasteiger charge is -2.25. The first-order chi connectivity index (χ1) is 17.5. The molecule has 0 radical (unpaired) electrons. The van der Waals surface area contributed by atoms with Crippen LogP contribution in [0.4, 0.5) is 5.69 Å². The normalized spacial score (nSPS) is 13.7. The third-order valence-electron chi connectivity index (χ3n) is 5.22. The quantitative estimate of drug-likeness (QED) is 0.301. The number of nitrogens with one attached hydrogen (secondary N) is 1. The number of benzene rings is 3. The van der Waals surface area contributed by atoms with E-state index in [4.69, 9.17) is 9.47 Å². The number of hydrazone groups is 1. The van der Waals surface area contributed by atoms with Crippen molar-refractivity contribution < 1.29 is 22.7 Å². The highest BCUT2D eigenvalue weighted by atomic mass is 32.2. The molecule has 188 valence electrons. The average molecular weight is 526 g/mol. The second-order valence-electron chi connectivity index (χ2n) is 7.87. The Morgan fingerprint density at radius 2 is 1.83 bits per heavy atom. The van der Waals surface area contributed by atoms with E-state index in [-0.39, 0.29) is 16.7 Å². The standard InChI is InChI=1S/C26H27N3O5S2/c1-2-33-25-14-7-6-13-24(25)29(36(31,32)23-11-4-3-5-12-23)17-26(30)28-27-16-20-9-8-10-21(15-20)34-22-18-35-19-22/h3-16,22H,2,17-19H2,1H3,(H,28,30)/b27-16-. The molecule has 36 heavy (non-hydrogen) atoms. The van der Waals surface area contributed by atoms with Crippen LogP contribution >= 0.6 is 11.8 Å². The highest BCUT2D eigenvalue weighted by molar-refractivity contribution is 8.00. The number of nitrogens with zero attached hydrogens (tertiary/aromatic N) is 2. The Balaban J connectivity index is 1.51. The van der Waals surface area contributed by atoms with Gasteiger partial charge >= 0.3 is 0 Å². The Hall–Kier alpha value is -3.50. The van der Waals surface area contributed by atoms with E-state index in [9.17, 15) is 13.2 Å². The highest BCUT2D eigenvalue weighted by Crippen LogP contribution is 2.32. The molecule has 0 saturated carbocycles. The topological polar surface area (TPSA) is 97.3 Å². The monoisotopic (exact) mass is 525 g/mol. The third-order valence-corrected chi connectivity index (χ3v) is 8.21. The first kappa shape index (κ1) is 25.6. The fourth-order valence-electron chi connectivity index (χ4n) is 3.45. The van der Waals surface area contributed by atoms with Crippen LogP contribution in [0.5, 0.6) is 11.5 Å². The fraction of sp³-hybridized carbons (Fsp3) is 0.231. The van der Waals surface area contributed by atoms with Gasteiger partial charge in [-0.2, -0.15) is 16.9 Å².